The number of carbonyl (C=O) groups is 1. The second-order valence-electron chi connectivity index (χ2n) is 10.3. The summed E-state index contributed by atoms with van der Waals surface area (Å²) in [6.45, 7) is 1.87. The number of hydrogen-bond donors (Lipinski definition) is 1. The number of benzene rings is 3. The number of furan rings is 1. The van der Waals surface area contributed by atoms with Crippen LogP contribution in [0.2, 0.25) is 5.02 Å². The first-order valence-corrected chi connectivity index (χ1v) is 13.4. The molecular weight excluding hydrogens is 531 g/mol. The lowest BCUT2D eigenvalue weighted by molar-refractivity contribution is -0.623. The number of aromatic nitrogens is 1. The Morgan fingerprint density at radius 3 is 2.70 bits per heavy atom. The average Bonchev–Trinajstić information content (AvgIpc) is 3.37. The highest BCUT2D eigenvalue weighted by Gasteiger charge is 2.40. The van der Waals surface area contributed by atoms with Gasteiger partial charge in [-0.15, -0.1) is 0 Å². The molecule has 3 heterocycles. The molecule has 6 nitrogen and oxygen atoms in total. The molecule has 1 N–H and O–H groups in total. The number of aliphatic hydroxyl groups is 1. The van der Waals surface area contributed by atoms with Crippen LogP contribution in [0.1, 0.15) is 46.7 Å². The normalized spacial score (nSPS) is 16.5. The SMILES string of the molecule is CC(O)(c1cc2cc(CC(=O)N3CCc4cc(Cl)ccc4C3c3ccccc3)ccc2o1)c1c(F)ccc[n+]1[O-]. The Morgan fingerprint density at radius 2 is 1.93 bits per heavy atom. The highest BCUT2D eigenvalue weighted by atomic mass is 35.5. The van der Waals surface area contributed by atoms with E-state index >= 15 is 0 Å². The van der Waals surface area contributed by atoms with E-state index < -0.39 is 17.1 Å². The number of carbonyl (C=O) groups excluding carboxylic acids is 1. The molecule has 1 aliphatic rings. The summed E-state index contributed by atoms with van der Waals surface area (Å²) in [5.41, 5.74) is 1.99. The minimum Gasteiger partial charge on any atom is -0.618 e. The van der Waals surface area contributed by atoms with Crippen LogP contribution in [-0.4, -0.2) is 22.5 Å². The van der Waals surface area contributed by atoms with Crippen LogP contribution in [0.15, 0.2) is 95.5 Å². The fourth-order valence-electron chi connectivity index (χ4n) is 5.61. The van der Waals surface area contributed by atoms with E-state index in [-0.39, 0.29) is 24.1 Å². The Hall–Kier alpha value is -4.20. The van der Waals surface area contributed by atoms with Crippen LogP contribution in [0, 0.1) is 11.0 Å². The number of pyridine rings is 1. The van der Waals surface area contributed by atoms with Crippen molar-refractivity contribution in [1.82, 2.24) is 4.90 Å². The molecule has 2 unspecified atom stereocenters. The van der Waals surface area contributed by atoms with Crippen LogP contribution in [0.4, 0.5) is 4.39 Å². The van der Waals surface area contributed by atoms with E-state index in [2.05, 4.69) is 0 Å². The number of hydrogen-bond acceptors (Lipinski definition) is 4. The highest BCUT2D eigenvalue weighted by Crippen LogP contribution is 2.37. The molecule has 6 rings (SSSR count). The van der Waals surface area contributed by atoms with E-state index in [9.17, 15) is 19.5 Å². The van der Waals surface area contributed by atoms with Gasteiger partial charge in [-0.1, -0.05) is 54.1 Å². The van der Waals surface area contributed by atoms with Gasteiger partial charge in [-0.3, -0.25) is 4.79 Å². The Bertz CT molecular complexity index is 1710. The first-order valence-electron chi connectivity index (χ1n) is 13.0. The fourth-order valence-corrected chi connectivity index (χ4v) is 5.80. The van der Waals surface area contributed by atoms with Gasteiger partial charge in [0.1, 0.15) is 11.3 Å². The molecule has 40 heavy (non-hydrogen) atoms. The Labute approximate surface area is 235 Å². The topological polar surface area (TPSA) is 80.6 Å². The van der Waals surface area contributed by atoms with Gasteiger partial charge in [-0.25, -0.2) is 0 Å². The van der Waals surface area contributed by atoms with E-state index in [0.29, 0.717) is 33.7 Å². The second kappa shape index (κ2) is 10.1. The summed E-state index contributed by atoms with van der Waals surface area (Å²) in [7, 11) is 0. The molecule has 0 saturated carbocycles. The molecule has 0 radical (unpaired) electrons. The highest BCUT2D eigenvalue weighted by molar-refractivity contribution is 6.30. The summed E-state index contributed by atoms with van der Waals surface area (Å²) in [6.07, 6.45) is 1.99. The van der Waals surface area contributed by atoms with Crippen molar-refractivity contribution in [2.45, 2.75) is 31.4 Å². The van der Waals surface area contributed by atoms with Crippen molar-refractivity contribution in [1.29, 1.82) is 0 Å². The molecule has 8 heteroatoms. The number of amides is 1. The molecule has 2 aromatic heterocycles. The van der Waals surface area contributed by atoms with Crippen molar-refractivity contribution in [2.75, 3.05) is 6.54 Å². The third kappa shape index (κ3) is 4.61. The predicted molar refractivity (Wildman–Crippen MR) is 149 cm³/mol. The molecule has 5 aromatic rings. The maximum absolute atomic E-state index is 14.5. The largest absolute Gasteiger partial charge is 0.618 e. The van der Waals surface area contributed by atoms with E-state index in [0.717, 1.165) is 34.5 Å². The second-order valence-corrected chi connectivity index (χ2v) is 10.7. The fraction of sp³-hybridized carbons (Fsp3) is 0.188. The maximum atomic E-state index is 14.5. The summed E-state index contributed by atoms with van der Waals surface area (Å²) >= 11 is 6.27. The Balaban J connectivity index is 1.30. The first-order chi connectivity index (χ1) is 19.2. The minimum atomic E-state index is -2.00. The molecule has 1 aliphatic heterocycles. The summed E-state index contributed by atoms with van der Waals surface area (Å²) in [6, 6.07) is 24.8. The van der Waals surface area contributed by atoms with Gasteiger partial charge >= 0.3 is 0 Å². The summed E-state index contributed by atoms with van der Waals surface area (Å²) in [4.78, 5) is 15.7. The Morgan fingerprint density at radius 1 is 1.12 bits per heavy atom. The maximum Gasteiger partial charge on any atom is 0.268 e. The lowest BCUT2D eigenvalue weighted by Gasteiger charge is -2.38. The molecule has 202 valence electrons. The average molecular weight is 557 g/mol. The summed E-state index contributed by atoms with van der Waals surface area (Å²) < 4.78 is 20.6. The third-order valence-corrected chi connectivity index (χ3v) is 7.79. The van der Waals surface area contributed by atoms with E-state index in [4.69, 9.17) is 16.0 Å². The summed E-state index contributed by atoms with van der Waals surface area (Å²) in [5, 5.41) is 24.7. The molecule has 0 bridgehead atoms. The Kier molecular flexibility index (Phi) is 6.56. The zero-order valence-electron chi connectivity index (χ0n) is 21.7. The zero-order valence-corrected chi connectivity index (χ0v) is 22.4. The molecular formula is C32H26ClFN2O4. The molecule has 3 aromatic carbocycles. The number of rotatable bonds is 5. The predicted octanol–water partition coefficient (Wildman–Crippen LogP) is 5.83. The van der Waals surface area contributed by atoms with Crippen LogP contribution in [0.3, 0.4) is 0 Å². The lowest BCUT2D eigenvalue weighted by atomic mass is 9.87. The number of nitrogens with zero attached hydrogens (tertiary/aromatic N) is 2. The summed E-state index contributed by atoms with van der Waals surface area (Å²) in [5.74, 6) is -0.841. The molecule has 0 saturated heterocycles. The molecule has 2 atom stereocenters. The minimum absolute atomic E-state index is 0.0242. The van der Waals surface area contributed by atoms with Gasteiger partial charge in [-0.05, 0) is 72.0 Å². The van der Waals surface area contributed by atoms with Gasteiger partial charge < -0.3 is 19.6 Å². The quantitative estimate of drug-likeness (QED) is 0.218. The standard InChI is InChI=1S/C32H26ClFN2O4/c1-32(38,31-26(34)8-5-14-36(31)39)28-19-23-16-20(9-12-27(23)40-28)17-29(37)35-15-13-22-18-24(33)10-11-25(22)30(35)21-6-3-2-4-7-21/h2-12,14,16,18-19,30,38H,13,15,17H2,1H3. The zero-order chi connectivity index (χ0) is 28.0. The molecule has 0 spiro atoms. The van der Waals surface area contributed by atoms with Gasteiger partial charge in [0.2, 0.25) is 11.5 Å². The van der Waals surface area contributed by atoms with Crippen LogP contribution in [0.5, 0.6) is 0 Å². The number of fused-ring (bicyclic) bond motifs is 2. The first kappa shape index (κ1) is 26.0. The third-order valence-electron chi connectivity index (χ3n) is 7.56. The van der Waals surface area contributed by atoms with E-state index in [1.54, 1.807) is 18.2 Å². The van der Waals surface area contributed by atoms with Crippen LogP contribution < -0.4 is 4.73 Å². The van der Waals surface area contributed by atoms with Crippen molar-refractivity contribution in [3.63, 3.8) is 0 Å². The molecule has 0 aliphatic carbocycles. The van der Waals surface area contributed by atoms with E-state index in [1.165, 1.54) is 13.0 Å². The van der Waals surface area contributed by atoms with Crippen molar-refractivity contribution >= 4 is 28.5 Å². The monoisotopic (exact) mass is 556 g/mol. The lowest BCUT2D eigenvalue weighted by Crippen LogP contribution is -2.42. The van der Waals surface area contributed by atoms with Crippen molar-refractivity contribution < 1.29 is 23.4 Å². The van der Waals surface area contributed by atoms with Crippen molar-refractivity contribution in [2.24, 2.45) is 0 Å². The van der Waals surface area contributed by atoms with Crippen molar-refractivity contribution in [3.8, 4) is 0 Å². The smallest absolute Gasteiger partial charge is 0.268 e. The van der Waals surface area contributed by atoms with Gasteiger partial charge in [-0.2, -0.15) is 9.12 Å². The van der Waals surface area contributed by atoms with Crippen molar-refractivity contribution in [3.05, 3.63) is 141 Å². The van der Waals surface area contributed by atoms with E-state index in [1.807, 2.05) is 59.5 Å². The van der Waals surface area contributed by atoms with Crippen LogP contribution in [-0.2, 0) is 23.2 Å². The number of halogens is 2. The molecule has 1 amide bonds. The van der Waals surface area contributed by atoms with Gasteiger partial charge in [0.05, 0.1) is 12.5 Å². The van der Waals surface area contributed by atoms with Gasteiger partial charge in [0, 0.05) is 23.0 Å². The molecule has 0 fully saturated rings. The van der Waals surface area contributed by atoms with Crippen LogP contribution in [0.25, 0.3) is 11.0 Å². The van der Waals surface area contributed by atoms with Gasteiger partial charge in [0.15, 0.2) is 12.0 Å². The van der Waals surface area contributed by atoms with Crippen LogP contribution >= 0.6 is 11.6 Å². The van der Waals surface area contributed by atoms with Gasteiger partial charge in [0.25, 0.3) is 5.69 Å².